The second-order valence-electron chi connectivity index (χ2n) is 8.98. The molecule has 2 aliphatic rings. The maximum Gasteiger partial charge on any atom is 0.161 e. The summed E-state index contributed by atoms with van der Waals surface area (Å²) >= 11 is 0. The van der Waals surface area contributed by atoms with Gasteiger partial charge in [-0.05, 0) is 56.6 Å². The second kappa shape index (κ2) is 10.9. The molecular formula is C29H34N4O2. The van der Waals surface area contributed by atoms with E-state index in [2.05, 4.69) is 76.2 Å². The zero-order chi connectivity index (χ0) is 24.0. The maximum absolute atomic E-state index is 5.85. The number of nitrogens with one attached hydrogen (secondary N) is 2. The highest BCUT2D eigenvalue weighted by Crippen LogP contribution is 2.36. The molecule has 6 nitrogen and oxygen atoms in total. The molecule has 1 fully saturated rings. The zero-order valence-electron chi connectivity index (χ0n) is 20.5. The van der Waals surface area contributed by atoms with Gasteiger partial charge in [0, 0.05) is 29.4 Å². The van der Waals surface area contributed by atoms with Gasteiger partial charge in [-0.1, -0.05) is 54.6 Å². The Hall–Kier alpha value is -3.35. The Morgan fingerprint density at radius 1 is 0.971 bits per heavy atom. The van der Waals surface area contributed by atoms with E-state index in [1.165, 1.54) is 11.3 Å². The number of nitrogens with zero attached hydrogens (tertiary/aromatic N) is 2. The van der Waals surface area contributed by atoms with Crippen LogP contribution in [0.3, 0.4) is 0 Å². The van der Waals surface area contributed by atoms with Crippen LogP contribution in [0, 0.1) is 0 Å². The van der Waals surface area contributed by atoms with Crippen molar-refractivity contribution in [1.29, 1.82) is 0 Å². The summed E-state index contributed by atoms with van der Waals surface area (Å²) < 4.78 is 11.4. The third kappa shape index (κ3) is 5.19. The smallest absolute Gasteiger partial charge is 0.161 e. The van der Waals surface area contributed by atoms with Crippen LogP contribution in [-0.2, 0) is 6.54 Å². The number of aliphatic imine (C=N–C) groups is 1. The van der Waals surface area contributed by atoms with E-state index < -0.39 is 0 Å². The van der Waals surface area contributed by atoms with Crippen molar-refractivity contribution in [3.8, 4) is 11.5 Å². The van der Waals surface area contributed by atoms with Crippen molar-refractivity contribution in [2.45, 2.75) is 38.5 Å². The number of rotatable bonds is 8. The Kier molecular flexibility index (Phi) is 7.31. The highest BCUT2D eigenvalue weighted by Gasteiger charge is 2.30. The summed E-state index contributed by atoms with van der Waals surface area (Å²) in [6.07, 6.45) is 2.16. The predicted molar refractivity (Wildman–Crippen MR) is 142 cm³/mol. The van der Waals surface area contributed by atoms with E-state index in [0.29, 0.717) is 19.2 Å². The Balaban J connectivity index is 1.54. The summed E-state index contributed by atoms with van der Waals surface area (Å²) in [5.74, 6) is 2.49. The molecule has 0 saturated carbocycles. The molecule has 35 heavy (non-hydrogen) atoms. The van der Waals surface area contributed by atoms with Crippen LogP contribution in [0.1, 0.15) is 42.6 Å². The van der Waals surface area contributed by atoms with Crippen LogP contribution in [0.4, 0.5) is 5.69 Å². The fourth-order valence-corrected chi connectivity index (χ4v) is 4.93. The van der Waals surface area contributed by atoms with E-state index >= 15 is 0 Å². The molecule has 2 heterocycles. The molecular weight excluding hydrogens is 436 g/mol. The fraction of sp³-hybridized carbons (Fsp3) is 0.345. The van der Waals surface area contributed by atoms with Crippen molar-refractivity contribution >= 4 is 11.5 Å². The van der Waals surface area contributed by atoms with Crippen molar-refractivity contribution in [3.05, 3.63) is 89.5 Å². The molecule has 2 N–H and O–H groups in total. The molecule has 3 aromatic rings. The fourth-order valence-electron chi connectivity index (χ4n) is 4.93. The van der Waals surface area contributed by atoms with E-state index in [-0.39, 0.29) is 6.17 Å². The van der Waals surface area contributed by atoms with Crippen LogP contribution in [0.25, 0.3) is 0 Å². The molecule has 0 amide bonds. The average molecular weight is 471 g/mol. The molecule has 3 aromatic carbocycles. The van der Waals surface area contributed by atoms with Gasteiger partial charge in [-0.25, -0.2) is 4.99 Å². The van der Waals surface area contributed by atoms with Crippen LogP contribution in [0.15, 0.2) is 77.8 Å². The molecule has 1 saturated heterocycles. The first-order chi connectivity index (χ1) is 17.3. The lowest BCUT2D eigenvalue weighted by Crippen LogP contribution is -2.44. The molecule has 182 valence electrons. The zero-order valence-corrected chi connectivity index (χ0v) is 20.5. The minimum Gasteiger partial charge on any atom is -0.493 e. The first kappa shape index (κ1) is 23.4. The molecule has 6 heteroatoms. The molecule has 0 aromatic heterocycles. The lowest BCUT2D eigenvalue weighted by atomic mass is 10.0. The number of hydrogen-bond donors (Lipinski definition) is 2. The third-order valence-electron chi connectivity index (χ3n) is 6.66. The van der Waals surface area contributed by atoms with Crippen LogP contribution >= 0.6 is 0 Å². The number of hydrogen-bond acceptors (Lipinski definition) is 6. The molecule has 0 aliphatic carbocycles. The summed E-state index contributed by atoms with van der Waals surface area (Å²) in [5, 5.41) is 7.31. The van der Waals surface area contributed by atoms with Gasteiger partial charge in [-0.15, -0.1) is 0 Å². The molecule has 0 radical (unpaired) electrons. The molecule has 5 rings (SSSR count). The van der Waals surface area contributed by atoms with Crippen molar-refractivity contribution in [1.82, 2.24) is 10.6 Å². The summed E-state index contributed by atoms with van der Waals surface area (Å²) in [6, 6.07) is 25.7. The average Bonchev–Trinajstić information content (AvgIpc) is 2.91. The van der Waals surface area contributed by atoms with Crippen molar-refractivity contribution < 1.29 is 9.47 Å². The highest BCUT2D eigenvalue weighted by atomic mass is 16.5. The van der Waals surface area contributed by atoms with Gasteiger partial charge in [0.2, 0.25) is 0 Å². The standard InChI is InChI=1S/C29H34N4O2/c1-3-35-27-19-21(13-14-26(27)34-2)20-33-25-12-8-7-11-24(25)28(31-23-15-17-30-18-16-23)32-29(33)22-9-5-4-6-10-22/h4-14,19,23,28,30-31H,3,15-18,20H2,1-2H3. The number of piperidine rings is 1. The van der Waals surface area contributed by atoms with Crippen LogP contribution in [0.5, 0.6) is 11.5 Å². The van der Waals surface area contributed by atoms with E-state index in [0.717, 1.165) is 54.4 Å². The number of amidine groups is 1. The minimum absolute atomic E-state index is 0.0735. The second-order valence-corrected chi connectivity index (χ2v) is 8.98. The van der Waals surface area contributed by atoms with Gasteiger partial charge in [-0.3, -0.25) is 5.32 Å². The predicted octanol–water partition coefficient (Wildman–Crippen LogP) is 4.90. The topological polar surface area (TPSA) is 58.1 Å². The number of para-hydroxylation sites is 1. The Bertz CT molecular complexity index is 1160. The van der Waals surface area contributed by atoms with Crippen molar-refractivity contribution in [3.63, 3.8) is 0 Å². The maximum atomic E-state index is 5.85. The minimum atomic E-state index is -0.0735. The monoisotopic (exact) mass is 470 g/mol. The van der Waals surface area contributed by atoms with Crippen LogP contribution in [0.2, 0.25) is 0 Å². The summed E-state index contributed by atoms with van der Waals surface area (Å²) in [7, 11) is 1.67. The van der Waals surface area contributed by atoms with Gasteiger partial charge in [0.15, 0.2) is 11.5 Å². The summed E-state index contributed by atoms with van der Waals surface area (Å²) in [4.78, 5) is 7.63. The van der Waals surface area contributed by atoms with E-state index in [9.17, 15) is 0 Å². The van der Waals surface area contributed by atoms with Gasteiger partial charge in [0.1, 0.15) is 12.0 Å². The molecule has 1 atom stereocenters. The SMILES string of the molecule is CCOc1cc(CN2C(c3ccccc3)=NC(NC3CCNCC3)c3ccccc32)ccc1OC. The number of anilines is 1. The quantitative estimate of drug-likeness (QED) is 0.490. The van der Waals surface area contributed by atoms with Crippen molar-refractivity contribution in [2.24, 2.45) is 4.99 Å². The summed E-state index contributed by atoms with van der Waals surface area (Å²) in [6.45, 7) is 5.35. The van der Waals surface area contributed by atoms with Crippen LogP contribution in [-0.4, -0.2) is 38.7 Å². The van der Waals surface area contributed by atoms with Gasteiger partial charge in [0.25, 0.3) is 0 Å². The number of benzene rings is 3. The Labute approximate surface area is 208 Å². The lowest BCUT2D eigenvalue weighted by Gasteiger charge is -2.37. The van der Waals surface area contributed by atoms with Gasteiger partial charge in [0.05, 0.1) is 13.7 Å². The number of methoxy groups -OCH3 is 1. The van der Waals surface area contributed by atoms with E-state index in [1.807, 2.05) is 19.1 Å². The normalized spacial score (nSPS) is 18.1. The summed E-state index contributed by atoms with van der Waals surface area (Å²) in [5.41, 5.74) is 4.64. The van der Waals surface area contributed by atoms with E-state index in [4.69, 9.17) is 14.5 Å². The van der Waals surface area contributed by atoms with E-state index in [1.54, 1.807) is 7.11 Å². The van der Waals surface area contributed by atoms with Crippen molar-refractivity contribution in [2.75, 3.05) is 31.7 Å². The molecule has 0 bridgehead atoms. The lowest BCUT2D eigenvalue weighted by molar-refractivity contribution is 0.310. The largest absolute Gasteiger partial charge is 0.493 e. The van der Waals surface area contributed by atoms with Gasteiger partial charge in [-0.2, -0.15) is 0 Å². The number of ether oxygens (including phenoxy) is 2. The van der Waals surface area contributed by atoms with Gasteiger partial charge >= 0.3 is 0 Å². The Morgan fingerprint density at radius 2 is 1.74 bits per heavy atom. The Morgan fingerprint density at radius 3 is 2.51 bits per heavy atom. The molecule has 2 aliphatic heterocycles. The highest BCUT2D eigenvalue weighted by molar-refractivity contribution is 6.11. The first-order valence-corrected chi connectivity index (χ1v) is 12.5. The van der Waals surface area contributed by atoms with Gasteiger partial charge < -0.3 is 19.7 Å². The third-order valence-corrected chi connectivity index (χ3v) is 6.66. The van der Waals surface area contributed by atoms with Crippen LogP contribution < -0.4 is 25.0 Å². The first-order valence-electron chi connectivity index (χ1n) is 12.5. The number of fused-ring (bicyclic) bond motifs is 1. The molecule has 0 spiro atoms. The molecule has 1 unspecified atom stereocenters.